The second kappa shape index (κ2) is 2.97. The predicted octanol–water partition coefficient (Wildman–Crippen LogP) is 0.746. The van der Waals surface area contributed by atoms with E-state index in [9.17, 15) is 4.79 Å². The zero-order chi connectivity index (χ0) is 9.26. The van der Waals surface area contributed by atoms with E-state index in [0.717, 1.165) is 5.56 Å². The summed E-state index contributed by atoms with van der Waals surface area (Å²) in [6, 6.07) is 6.70. The van der Waals surface area contributed by atoms with E-state index in [-0.39, 0.29) is 17.8 Å². The Hall–Kier alpha value is -1.71. The van der Waals surface area contributed by atoms with Gasteiger partial charge in [0.25, 0.3) is 0 Å². The highest BCUT2D eigenvalue weighted by Crippen LogP contribution is 2.17. The fraction of sp³-hybridized carbons (Fsp3) is 0.222. The van der Waals surface area contributed by atoms with Crippen molar-refractivity contribution in [3.8, 4) is 5.75 Å². The first kappa shape index (κ1) is 7.91. The van der Waals surface area contributed by atoms with Crippen molar-refractivity contribution in [2.75, 3.05) is 6.54 Å². The largest absolute Gasteiger partial charge is 0.508 e. The van der Waals surface area contributed by atoms with Gasteiger partial charge < -0.3 is 15.7 Å². The van der Waals surface area contributed by atoms with Gasteiger partial charge >= 0.3 is 6.03 Å². The molecule has 2 amide bonds. The van der Waals surface area contributed by atoms with Crippen LogP contribution >= 0.6 is 0 Å². The van der Waals surface area contributed by atoms with Gasteiger partial charge in [0, 0.05) is 6.54 Å². The SMILES string of the molecule is O=C1NCC(c2ccc(O)cc2)N1. The van der Waals surface area contributed by atoms with Crippen molar-refractivity contribution in [2.45, 2.75) is 6.04 Å². The average molecular weight is 178 g/mol. The van der Waals surface area contributed by atoms with E-state index >= 15 is 0 Å². The molecule has 4 nitrogen and oxygen atoms in total. The first-order valence-corrected chi connectivity index (χ1v) is 4.09. The first-order valence-electron chi connectivity index (χ1n) is 4.09. The number of rotatable bonds is 1. The molecule has 13 heavy (non-hydrogen) atoms. The zero-order valence-electron chi connectivity index (χ0n) is 6.95. The Morgan fingerprint density at radius 1 is 1.31 bits per heavy atom. The van der Waals surface area contributed by atoms with Crippen LogP contribution in [0.25, 0.3) is 0 Å². The van der Waals surface area contributed by atoms with Crippen LogP contribution in [0.15, 0.2) is 24.3 Å². The molecule has 1 aliphatic rings. The van der Waals surface area contributed by atoms with Crippen LogP contribution in [0, 0.1) is 0 Å². The van der Waals surface area contributed by atoms with Crippen molar-refractivity contribution in [1.29, 1.82) is 0 Å². The van der Waals surface area contributed by atoms with Crippen molar-refractivity contribution in [3.05, 3.63) is 29.8 Å². The molecule has 1 aromatic rings. The van der Waals surface area contributed by atoms with Crippen molar-refractivity contribution >= 4 is 6.03 Å². The summed E-state index contributed by atoms with van der Waals surface area (Å²) >= 11 is 0. The van der Waals surface area contributed by atoms with Gasteiger partial charge in [-0.2, -0.15) is 0 Å². The predicted molar refractivity (Wildman–Crippen MR) is 47.4 cm³/mol. The Morgan fingerprint density at radius 3 is 2.54 bits per heavy atom. The fourth-order valence-electron chi connectivity index (χ4n) is 1.36. The lowest BCUT2D eigenvalue weighted by molar-refractivity contribution is 0.247. The van der Waals surface area contributed by atoms with Gasteiger partial charge in [0.2, 0.25) is 0 Å². The minimum Gasteiger partial charge on any atom is -0.508 e. The molecule has 68 valence electrons. The molecular weight excluding hydrogens is 168 g/mol. The molecule has 0 saturated carbocycles. The maximum Gasteiger partial charge on any atom is 0.315 e. The summed E-state index contributed by atoms with van der Waals surface area (Å²) in [5, 5.41) is 14.5. The van der Waals surface area contributed by atoms with Crippen LogP contribution in [0.3, 0.4) is 0 Å². The molecule has 2 rings (SSSR count). The van der Waals surface area contributed by atoms with Gasteiger partial charge in [-0.1, -0.05) is 12.1 Å². The third-order valence-electron chi connectivity index (χ3n) is 2.07. The van der Waals surface area contributed by atoms with Crippen LogP contribution in [-0.4, -0.2) is 17.7 Å². The fourth-order valence-corrected chi connectivity index (χ4v) is 1.36. The molecule has 1 saturated heterocycles. The molecule has 4 heteroatoms. The van der Waals surface area contributed by atoms with E-state index in [1.165, 1.54) is 0 Å². The number of benzene rings is 1. The van der Waals surface area contributed by atoms with Gasteiger partial charge in [-0.25, -0.2) is 4.79 Å². The monoisotopic (exact) mass is 178 g/mol. The summed E-state index contributed by atoms with van der Waals surface area (Å²) in [6.45, 7) is 0.601. The van der Waals surface area contributed by atoms with E-state index in [0.29, 0.717) is 6.54 Å². The Labute approximate surface area is 75.6 Å². The van der Waals surface area contributed by atoms with Crippen molar-refractivity contribution in [1.82, 2.24) is 10.6 Å². The van der Waals surface area contributed by atoms with E-state index in [4.69, 9.17) is 5.11 Å². The topological polar surface area (TPSA) is 61.4 Å². The summed E-state index contributed by atoms with van der Waals surface area (Å²) in [5.41, 5.74) is 0.996. The number of phenols is 1. The van der Waals surface area contributed by atoms with E-state index in [1.54, 1.807) is 24.3 Å². The van der Waals surface area contributed by atoms with Gasteiger partial charge in [0.05, 0.1) is 6.04 Å². The van der Waals surface area contributed by atoms with E-state index < -0.39 is 0 Å². The second-order valence-corrected chi connectivity index (χ2v) is 3.00. The Balaban J connectivity index is 2.17. The molecule has 3 N–H and O–H groups in total. The molecule has 1 aliphatic heterocycles. The number of hydrogen-bond acceptors (Lipinski definition) is 2. The minimum atomic E-state index is -0.141. The molecule has 0 bridgehead atoms. The molecule has 1 fully saturated rings. The standard InChI is InChI=1S/C9H10N2O2/c12-7-3-1-6(2-4-7)8-5-10-9(13)11-8/h1-4,8,12H,5H2,(H2,10,11,13). The molecule has 0 radical (unpaired) electrons. The number of carbonyl (C=O) groups excluding carboxylic acids is 1. The molecule has 1 heterocycles. The highest BCUT2D eigenvalue weighted by molar-refractivity contribution is 5.76. The second-order valence-electron chi connectivity index (χ2n) is 3.00. The number of hydrogen-bond donors (Lipinski definition) is 3. The first-order chi connectivity index (χ1) is 6.25. The maximum atomic E-state index is 10.8. The molecule has 1 unspecified atom stereocenters. The third kappa shape index (κ3) is 1.56. The smallest absolute Gasteiger partial charge is 0.315 e. The van der Waals surface area contributed by atoms with Crippen molar-refractivity contribution in [2.24, 2.45) is 0 Å². The van der Waals surface area contributed by atoms with Gasteiger partial charge in [0.1, 0.15) is 5.75 Å². The van der Waals surface area contributed by atoms with Crippen molar-refractivity contribution < 1.29 is 9.90 Å². The summed E-state index contributed by atoms with van der Waals surface area (Å²) in [7, 11) is 0. The van der Waals surface area contributed by atoms with Gasteiger partial charge in [-0.15, -0.1) is 0 Å². The lowest BCUT2D eigenvalue weighted by atomic mass is 10.1. The molecule has 0 spiro atoms. The number of aromatic hydroxyl groups is 1. The highest BCUT2D eigenvalue weighted by Gasteiger charge is 2.20. The summed E-state index contributed by atoms with van der Waals surface area (Å²) < 4.78 is 0. The Kier molecular flexibility index (Phi) is 1.81. The van der Waals surface area contributed by atoms with Crippen LogP contribution in [0.1, 0.15) is 11.6 Å². The molecule has 1 atom stereocenters. The average Bonchev–Trinajstić information content (AvgIpc) is 2.53. The van der Waals surface area contributed by atoms with E-state index in [1.807, 2.05) is 0 Å². The third-order valence-corrected chi connectivity index (χ3v) is 2.07. The van der Waals surface area contributed by atoms with Gasteiger partial charge in [-0.05, 0) is 17.7 Å². The highest BCUT2D eigenvalue weighted by atomic mass is 16.3. The number of carbonyl (C=O) groups is 1. The molecular formula is C9H10N2O2. The van der Waals surface area contributed by atoms with E-state index in [2.05, 4.69) is 10.6 Å². The van der Waals surface area contributed by atoms with Crippen LogP contribution in [0.5, 0.6) is 5.75 Å². The quantitative estimate of drug-likeness (QED) is 0.594. The van der Waals surface area contributed by atoms with Crippen molar-refractivity contribution in [3.63, 3.8) is 0 Å². The molecule has 1 aromatic carbocycles. The summed E-state index contributed by atoms with van der Waals surface area (Å²) in [5.74, 6) is 0.237. The number of phenolic OH excluding ortho intramolecular Hbond substituents is 1. The normalized spacial score (nSPS) is 20.9. The number of nitrogens with one attached hydrogen (secondary N) is 2. The zero-order valence-corrected chi connectivity index (χ0v) is 6.95. The van der Waals surface area contributed by atoms with Crippen LogP contribution in [-0.2, 0) is 0 Å². The van der Waals surface area contributed by atoms with Gasteiger partial charge in [-0.3, -0.25) is 0 Å². The summed E-state index contributed by atoms with van der Waals surface area (Å²) in [6.07, 6.45) is 0. The maximum absolute atomic E-state index is 10.8. The number of urea groups is 1. The molecule has 0 aromatic heterocycles. The molecule has 0 aliphatic carbocycles. The Bertz CT molecular complexity index is 321. The minimum absolute atomic E-state index is 0.0214. The van der Waals surface area contributed by atoms with Crippen LogP contribution in [0.4, 0.5) is 4.79 Å². The summed E-state index contributed by atoms with van der Waals surface area (Å²) in [4.78, 5) is 10.8. The number of amides is 2. The Morgan fingerprint density at radius 2 is 2.00 bits per heavy atom. The lowest BCUT2D eigenvalue weighted by Crippen LogP contribution is -2.21. The van der Waals surface area contributed by atoms with Gasteiger partial charge in [0.15, 0.2) is 0 Å². The van der Waals surface area contributed by atoms with Crippen LogP contribution in [0.2, 0.25) is 0 Å². The van der Waals surface area contributed by atoms with Crippen LogP contribution < -0.4 is 10.6 Å². The lowest BCUT2D eigenvalue weighted by Gasteiger charge is -2.07.